The first-order chi connectivity index (χ1) is 15.7. The van der Waals surface area contributed by atoms with Gasteiger partial charge in [0.15, 0.2) is 0 Å². The predicted molar refractivity (Wildman–Crippen MR) is 129 cm³/mol. The van der Waals surface area contributed by atoms with Crippen molar-refractivity contribution in [2.45, 2.75) is 13.0 Å². The van der Waals surface area contributed by atoms with Crippen molar-refractivity contribution < 1.29 is 4.74 Å². The number of pyridine rings is 1. The first-order valence-corrected chi connectivity index (χ1v) is 10.6. The van der Waals surface area contributed by atoms with E-state index in [0.717, 1.165) is 19.5 Å². The number of benzene rings is 3. The first-order valence-electron chi connectivity index (χ1n) is 10.6. The highest BCUT2D eigenvalue weighted by Gasteiger charge is 2.09. The number of hydrogen-bond donors (Lipinski definition) is 2. The number of aromatic nitrogens is 1. The molecular weight excluding hydrogens is 396 g/mol. The number of amidine groups is 1. The van der Waals surface area contributed by atoms with Crippen LogP contribution in [0.15, 0.2) is 103 Å². The molecule has 0 radical (unpaired) electrons. The van der Waals surface area contributed by atoms with E-state index in [1.165, 1.54) is 23.0 Å². The zero-order valence-electron chi connectivity index (χ0n) is 17.8. The Morgan fingerprint density at radius 2 is 1.50 bits per heavy atom. The second-order valence-corrected chi connectivity index (χ2v) is 7.54. The molecular formula is C27H26N4O. The number of ether oxygens (including phenoxy) is 1. The second kappa shape index (κ2) is 10.3. The highest BCUT2D eigenvalue weighted by Crippen LogP contribution is 2.22. The van der Waals surface area contributed by atoms with Gasteiger partial charge in [0.25, 0.3) is 0 Å². The van der Waals surface area contributed by atoms with Gasteiger partial charge in [0.2, 0.25) is 5.88 Å². The standard InChI is InChI=1S/C27H26N4O/c28-27(29)23-13-16-26(30-19-23)32-25-14-11-22(12-15-25)20-31(24-9-5-2-6-10-24)18-17-21-7-3-1-4-8-21/h1-16,19H,17-18,20H2,(H3,28,29). The summed E-state index contributed by atoms with van der Waals surface area (Å²) >= 11 is 0. The average molecular weight is 423 g/mol. The third-order valence-electron chi connectivity index (χ3n) is 5.20. The van der Waals surface area contributed by atoms with Crippen molar-refractivity contribution in [2.24, 2.45) is 5.73 Å². The highest BCUT2D eigenvalue weighted by atomic mass is 16.5. The van der Waals surface area contributed by atoms with Gasteiger partial charge in [0.1, 0.15) is 11.6 Å². The average Bonchev–Trinajstić information content (AvgIpc) is 2.84. The van der Waals surface area contributed by atoms with Crippen LogP contribution in [-0.4, -0.2) is 17.4 Å². The minimum Gasteiger partial charge on any atom is -0.439 e. The first kappa shape index (κ1) is 21.1. The maximum absolute atomic E-state index is 7.44. The van der Waals surface area contributed by atoms with E-state index < -0.39 is 0 Å². The zero-order valence-corrected chi connectivity index (χ0v) is 17.8. The van der Waals surface area contributed by atoms with E-state index in [1.54, 1.807) is 12.1 Å². The quantitative estimate of drug-likeness (QED) is 0.279. The third-order valence-corrected chi connectivity index (χ3v) is 5.20. The Balaban J connectivity index is 1.43. The SMILES string of the molecule is N=C(N)c1ccc(Oc2ccc(CN(CCc3ccccc3)c3ccccc3)cc2)nc1. The molecule has 3 N–H and O–H groups in total. The number of nitrogen functional groups attached to an aromatic ring is 1. The molecule has 0 amide bonds. The lowest BCUT2D eigenvalue weighted by Crippen LogP contribution is -2.25. The molecule has 5 heteroatoms. The molecule has 32 heavy (non-hydrogen) atoms. The molecule has 160 valence electrons. The maximum atomic E-state index is 7.44. The summed E-state index contributed by atoms with van der Waals surface area (Å²) in [6.07, 6.45) is 2.52. The summed E-state index contributed by atoms with van der Waals surface area (Å²) in [5.41, 5.74) is 9.78. The lowest BCUT2D eigenvalue weighted by atomic mass is 10.1. The molecule has 0 unspecified atom stereocenters. The van der Waals surface area contributed by atoms with Crippen molar-refractivity contribution in [2.75, 3.05) is 11.4 Å². The Hall–Kier alpha value is -4.12. The molecule has 0 aliphatic carbocycles. The minimum absolute atomic E-state index is 0.0105. The number of hydrogen-bond acceptors (Lipinski definition) is 4. The Morgan fingerprint density at radius 1 is 0.812 bits per heavy atom. The topological polar surface area (TPSA) is 75.2 Å². The van der Waals surface area contributed by atoms with Crippen molar-refractivity contribution in [3.05, 3.63) is 120 Å². The van der Waals surface area contributed by atoms with Crippen LogP contribution < -0.4 is 15.4 Å². The molecule has 1 heterocycles. The molecule has 0 aliphatic rings. The molecule has 1 aromatic heterocycles. The second-order valence-electron chi connectivity index (χ2n) is 7.54. The number of anilines is 1. The molecule has 0 atom stereocenters. The lowest BCUT2D eigenvalue weighted by molar-refractivity contribution is 0.462. The van der Waals surface area contributed by atoms with Gasteiger partial charge in [-0.05, 0) is 47.9 Å². The number of nitrogens with one attached hydrogen (secondary N) is 1. The van der Waals surface area contributed by atoms with Crippen LogP contribution in [0.5, 0.6) is 11.6 Å². The molecule has 4 rings (SSSR count). The van der Waals surface area contributed by atoms with Gasteiger partial charge in [-0.15, -0.1) is 0 Å². The van der Waals surface area contributed by atoms with Gasteiger partial charge in [-0.3, -0.25) is 5.41 Å². The van der Waals surface area contributed by atoms with Crippen LogP contribution in [0, 0.1) is 5.41 Å². The van der Waals surface area contributed by atoms with E-state index in [-0.39, 0.29) is 5.84 Å². The summed E-state index contributed by atoms with van der Waals surface area (Å²) in [5.74, 6) is 1.17. The molecule has 0 saturated heterocycles. The minimum atomic E-state index is -0.0105. The van der Waals surface area contributed by atoms with Crippen molar-refractivity contribution in [3.8, 4) is 11.6 Å². The highest BCUT2D eigenvalue weighted by molar-refractivity contribution is 5.94. The molecule has 3 aromatic carbocycles. The van der Waals surface area contributed by atoms with Crippen LogP contribution in [0.2, 0.25) is 0 Å². The molecule has 5 nitrogen and oxygen atoms in total. The van der Waals surface area contributed by atoms with Gasteiger partial charge in [-0.25, -0.2) is 4.98 Å². The van der Waals surface area contributed by atoms with Gasteiger partial charge in [0.05, 0.1) is 0 Å². The van der Waals surface area contributed by atoms with E-state index >= 15 is 0 Å². The third kappa shape index (κ3) is 5.73. The molecule has 4 aromatic rings. The summed E-state index contributed by atoms with van der Waals surface area (Å²) < 4.78 is 5.83. The van der Waals surface area contributed by atoms with Crippen molar-refractivity contribution in [1.29, 1.82) is 5.41 Å². The lowest BCUT2D eigenvalue weighted by Gasteiger charge is -2.25. The number of rotatable bonds is 9. The van der Waals surface area contributed by atoms with Gasteiger partial charge in [-0.2, -0.15) is 0 Å². The van der Waals surface area contributed by atoms with E-state index in [9.17, 15) is 0 Å². The van der Waals surface area contributed by atoms with Crippen molar-refractivity contribution in [3.63, 3.8) is 0 Å². The largest absolute Gasteiger partial charge is 0.439 e. The monoisotopic (exact) mass is 422 g/mol. The van der Waals surface area contributed by atoms with Crippen LogP contribution in [0.4, 0.5) is 5.69 Å². The van der Waals surface area contributed by atoms with E-state index in [4.69, 9.17) is 15.9 Å². The van der Waals surface area contributed by atoms with Gasteiger partial charge in [-0.1, -0.05) is 60.7 Å². The molecule has 0 fully saturated rings. The Bertz CT molecular complexity index is 1130. The molecule has 0 aliphatic heterocycles. The number of nitrogens with two attached hydrogens (primary N) is 1. The van der Waals surface area contributed by atoms with E-state index in [0.29, 0.717) is 17.2 Å². The van der Waals surface area contributed by atoms with Crippen LogP contribution in [0.25, 0.3) is 0 Å². The van der Waals surface area contributed by atoms with Crippen molar-refractivity contribution >= 4 is 11.5 Å². The van der Waals surface area contributed by atoms with Crippen LogP contribution >= 0.6 is 0 Å². The fraction of sp³-hybridized carbons (Fsp3) is 0.111. The summed E-state index contributed by atoms with van der Waals surface area (Å²) in [5, 5.41) is 7.44. The fourth-order valence-corrected chi connectivity index (χ4v) is 3.45. The van der Waals surface area contributed by atoms with Crippen LogP contribution in [-0.2, 0) is 13.0 Å². The molecule has 0 saturated carbocycles. The van der Waals surface area contributed by atoms with E-state index in [2.05, 4.69) is 76.6 Å². The zero-order chi connectivity index (χ0) is 22.2. The Morgan fingerprint density at radius 3 is 2.12 bits per heavy atom. The summed E-state index contributed by atoms with van der Waals surface area (Å²) in [7, 11) is 0. The van der Waals surface area contributed by atoms with Crippen molar-refractivity contribution in [1.82, 2.24) is 4.98 Å². The van der Waals surface area contributed by atoms with Crippen LogP contribution in [0.3, 0.4) is 0 Å². The summed E-state index contributed by atoms with van der Waals surface area (Å²) in [6, 6.07) is 32.6. The van der Waals surface area contributed by atoms with Gasteiger partial charge >= 0.3 is 0 Å². The normalized spacial score (nSPS) is 10.5. The number of nitrogens with zero attached hydrogens (tertiary/aromatic N) is 2. The van der Waals surface area contributed by atoms with Gasteiger partial charge < -0.3 is 15.4 Å². The number of para-hydroxylation sites is 1. The molecule has 0 bridgehead atoms. The summed E-state index contributed by atoms with van der Waals surface area (Å²) in [6.45, 7) is 1.74. The summed E-state index contributed by atoms with van der Waals surface area (Å²) in [4.78, 5) is 6.60. The van der Waals surface area contributed by atoms with Crippen LogP contribution in [0.1, 0.15) is 16.7 Å². The Labute approximate surface area is 188 Å². The molecule has 0 spiro atoms. The maximum Gasteiger partial charge on any atom is 0.219 e. The predicted octanol–water partition coefficient (Wildman–Crippen LogP) is 5.41. The van der Waals surface area contributed by atoms with Gasteiger partial charge in [0, 0.05) is 36.6 Å². The van der Waals surface area contributed by atoms with E-state index in [1.807, 2.05) is 18.2 Å². The Kier molecular flexibility index (Phi) is 6.78. The fourth-order valence-electron chi connectivity index (χ4n) is 3.45. The smallest absolute Gasteiger partial charge is 0.219 e.